The molecule has 0 amide bonds. The second-order valence-corrected chi connectivity index (χ2v) is 12.1. The fraction of sp³-hybridized carbons (Fsp3) is 0. The standard InChI is InChI=1S/C43H24N4O2/c44-25-35-31-8-2-1-7-26(31)15-20-32(35)27-13-18-30(19-14-27)47-38-21-16-28(42-45-36-9-3-5-11-40(36)48-42)23-33(38)34-24-29(17-22-39(34)47)43-46-37-10-4-6-12-41(37)49-43/h1-24H. The molecule has 0 bridgehead atoms. The van der Waals surface area contributed by atoms with Crippen LogP contribution in [0, 0.1) is 11.3 Å². The average Bonchev–Trinajstić information content (AvgIpc) is 3.88. The Bertz CT molecular complexity index is 2760. The number of hydrogen-bond donors (Lipinski definition) is 0. The Balaban J connectivity index is 1.16. The van der Waals surface area contributed by atoms with Crippen LogP contribution in [0.15, 0.2) is 154 Å². The molecule has 0 saturated heterocycles. The van der Waals surface area contributed by atoms with Gasteiger partial charge in [-0.2, -0.15) is 5.26 Å². The summed E-state index contributed by atoms with van der Waals surface area (Å²) >= 11 is 0. The highest BCUT2D eigenvalue weighted by Crippen LogP contribution is 2.39. The summed E-state index contributed by atoms with van der Waals surface area (Å²) < 4.78 is 14.6. The minimum atomic E-state index is 0.576. The van der Waals surface area contributed by atoms with Crippen molar-refractivity contribution in [1.82, 2.24) is 14.5 Å². The summed E-state index contributed by atoms with van der Waals surface area (Å²) in [6, 6.07) is 51.3. The van der Waals surface area contributed by atoms with Crippen LogP contribution >= 0.6 is 0 Å². The van der Waals surface area contributed by atoms with Crippen LogP contribution in [-0.2, 0) is 0 Å². The lowest BCUT2D eigenvalue weighted by atomic mass is 9.95. The highest BCUT2D eigenvalue weighted by Gasteiger charge is 2.18. The zero-order valence-corrected chi connectivity index (χ0v) is 26.0. The second-order valence-electron chi connectivity index (χ2n) is 12.1. The van der Waals surface area contributed by atoms with Crippen molar-refractivity contribution in [3.8, 4) is 45.8 Å². The smallest absolute Gasteiger partial charge is 0.227 e. The molecule has 0 fully saturated rings. The number of oxazole rings is 2. The van der Waals surface area contributed by atoms with Crippen LogP contribution in [-0.4, -0.2) is 14.5 Å². The molecular weight excluding hydrogens is 604 g/mol. The summed E-state index contributed by atoms with van der Waals surface area (Å²) in [6.07, 6.45) is 0. The van der Waals surface area contributed by atoms with Crippen LogP contribution in [0.3, 0.4) is 0 Å². The zero-order chi connectivity index (χ0) is 32.5. The van der Waals surface area contributed by atoms with Crippen molar-refractivity contribution in [3.63, 3.8) is 0 Å². The maximum atomic E-state index is 10.1. The molecule has 0 aliphatic rings. The topological polar surface area (TPSA) is 80.8 Å². The van der Waals surface area contributed by atoms with E-state index in [4.69, 9.17) is 18.8 Å². The van der Waals surface area contributed by atoms with Crippen molar-refractivity contribution in [2.24, 2.45) is 0 Å². The first-order chi connectivity index (χ1) is 24.2. The molecule has 6 nitrogen and oxygen atoms in total. The van der Waals surface area contributed by atoms with E-state index < -0.39 is 0 Å². The van der Waals surface area contributed by atoms with Crippen molar-refractivity contribution in [2.75, 3.05) is 0 Å². The minimum absolute atomic E-state index is 0.576. The number of fused-ring (bicyclic) bond motifs is 6. The van der Waals surface area contributed by atoms with Crippen molar-refractivity contribution in [3.05, 3.63) is 151 Å². The van der Waals surface area contributed by atoms with Crippen LogP contribution < -0.4 is 0 Å². The third kappa shape index (κ3) is 4.27. The molecule has 3 heterocycles. The molecule has 0 saturated carbocycles. The van der Waals surface area contributed by atoms with Crippen molar-refractivity contribution >= 4 is 54.8 Å². The molecule has 6 heteroatoms. The fourth-order valence-electron chi connectivity index (χ4n) is 6.98. The molecule has 0 atom stereocenters. The lowest BCUT2D eigenvalue weighted by Crippen LogP contribution is -1.94. The van der Waals surface area contributed by atoms with E-state index in [2.05, 4.69) is 77.4 Å². The summed E-state index contributed by atoms with van der Waals surface area (Å²) in [5, 5.41) is 14.3. The quantitative estimate of drug-likeness (QED) is 0.194. The summed E-state index contributed by atoms with van der Waals surface area (Å²) in [7, 11) is 0. The van der Waals surface area contributed by atoms with Gasteiger partial charge < -0.3 is 13.4 Å². The molecule has 0 spiro atoms. The van der Waals surface area contributed by atoms with Crippen LogP contribution in [0.5, 0.6) is 0 Å². The van der Waals surface area contributed by atoms with Gasteiger partial charge in [0.25, 0.3) is 0 Å². The van der Waals surface area contributed by atoms with Gasteiger partial charge in [0, 0.05) is 38.5 Å². The van der Waals surface area contributed by atoms with Gasteiger partial charge in [0.05, 0.1) is 16.6 Å². The Kier molecular flexibility index (Phi) is 5.84. The molecule has 0 unspecified atom stereocenters. The highest BCUT2D eigenvalue weighted by atomic mass is 16.4. The van der Waals surface area contributed by atoms with E-state index in [0.717, 1.165) is 82.7 Å². The first-order valence-corrected chi connectivity index (χ1v) is 16.0. The number of benzene rings is 7. The zero-order valence-electron chi connectivity index (χ0n) is 26.0. The number of hydrogen-bond acceptors (Lipinski definition) is 5. The molecule has 228 valence electrons. The SMILES string of the molecule is N#Cc1c(-c2ccc(-n3c4ccc(-c5nc6ccccc6o5)cc4c4cc(-c5nc6ccccc6o5)ccc43)cc2)ccc2ccccc12. The minimum Gasteiger partial charge on any atom is -0.436 e. The molecule has 49 heavy (non-hydrogen) atoms. The van der Waals surface area contributed by atoms with E-state index in [1.54, 1.807) is 0 Å². The largest absolute Gasteiger partial charge is 0.436 e. The third-order valence-electron chi connectivity index (χ3n) is 9.32. The Morgan fingerprint density at radius 2 is 1.06 bits per heavy atom. The van der Waals surface area contributed by atoms with Gasteiger partial charge in [0.2, 0.25) is 11.8 Å². The van der Waals surface area contributed by atoms with E-state index in [-0.39, 0.29) is 0 Å². The monoisotopic (exact) mass is 628 g/mol. The molecule has 0 aliphatic heterocycles. The number of para-hydroxylation sites is 4. The molecule has 0 N–H and O–H groups in total. The maximum absolute atomic E-state index is 10.1. The first kappa shape index (κ1) is 27.2. The van der Waals surface area contributed by atoms with Crippen molar-refractivity contribution in [2.45, 2.75) is 0 Å². The Labute approximate surface area is 279 Å². The van der Waals surface area contributed by atoms with E-state index in [1.807, 2.05) is 78.9 Å². The molecule has 3 aromatic heterocycles. The Morgan fingerprint density at radius 1 is 0.510 bits per heavy atom. The maximum Gasteiger partial charge on any atom is 0.227 e. The number of nitrogens with zero attached hydrogens (tertiary/aromatic N) is 4. The number of aromatic nitrogens is 3. The van der Waals surface area contributed by atoms with Crippen LogP contribution in [0.2, 0.25) is 0 Å². The summed E-state index contributed by atoms with van der Waals surface area (Å²) in [5.74, 6) is 1.15. The fourth-order valence-corrected chi connectivity index (χ4v) is 6.98. The molecule has 7 aromatic carbocycles. The van der Waals surface area contributed by atoms with Gasteiger partial charge in [-0.15, -0.1) is 0 Å². The van der Waals surface area contributed by atoms with Gasteiger partial charge >= 0.3 is 0 Å². The lowest BCUT2D eigenvalue weighted by molar-refractivity contribution is 0.619. The molecule has 10 aromatic rings. The van der Waals surface area contributed by atoms with Gasteiger partial charge in [-0.1, -0.05) is 72.8 Å². The van der Waals surface area contributed by atoms with Gasteiger partial charge in [-0.05, 0) is 83.7 Å². The summed E-state index contributed by atoms with van der Waals surface area (Å²) in [6.45, 7) is 0. The normalized spacial score (nSPS) is 11.7. The lowest BCUT2D eigenvalue weighted by Gasteiger charge is -2.11. The van der Waals surface area contributed by atoms with Crippen LogP contribution in [0.1, 0.15) is 5.56 Å². The molecule has 0 aliphatic carbocycles. The third-order valence-corrected chi connectivity index (χ3v) is 9.32. The summed E-state index contributed by atoms with van der Waals surface area (Å²) in [5.41, 5.74) is 10.6. The first-order valence-electron chi connectivity index (χ1n) is 16.0. The second kappa shape index (κ2) is 10.5. The Morgan fingerprint density at radius 3 is 1.65 bits per heavy atom. The Hall–Kier alpha value is -6.97. The van der Waals surface area contributed by atoms with Gasteiger partial charge in [0.1, 0.15) is 17.1 Å². The summed E-state index contributed by atoms with van der Waals surface area (Å²) in [4.78, 5) is 9.55. The van der Waals surface area contributed by atoms with Gasteiger partial charge in [-0.3, -0.25) is 0 Å². The van der Waals surface area contributed by atoms with Crippen LogP contribution in [0.25, 0.3) is 94.5 Å². The van der Waals surface area contributed by atoms with E-state index >= 15 is 0 Å². The van der Waals surface area contributed by atoms with E-state index in [1.165, 1.54) is 0 Å². The van der Waals surface area contributed by atoms with Crippen molar-refractivity contribution < 1.29 is 8.83 Å². The predicted molar refractivity (Wildman–Crippen MR) is 194 cm³/mol. The van der Waals surface area contributed by atoms with Gasteiger partial charge in [-0.25, -0.2) is 9.97 Å². The molecule has 10 rings (SSSR count). The number of rotatable bonds is 4. The molecule has 0 radical (unpaired) electrons. The average molecular weight is 629 g/mol. The molecular formula is C43H24N4O2. The number of nitriles is 1. The van der Waals surface area contributed by atoms with Crippen LogP contribution in [0.4, 0.5) is 0 Å². The van der Waals surface area contributed by atoms with E-state index in [9.17, 15) is 5.26 Å². The predicted octanol–water partition coefficient (Wildman–Crippen LogP) is 11.1. The van der Waals surface area contributed by atoms with Gasteiger partial charge in [0.15, 0.2) is 11.2 Å². The van der Waals surface area contributed by atoms with E-state index in [0.29, 0.717) is 17.3 Å². The van der Waals surface area contributed by atoms with Crippen molar-refractivity contribution in [1.29, 1.82) is 5.26 Å². The highest BCUT2D eigenvalue weighted by molar-refractivity contribution is 6.11.